The summed E-state index contributed by atoms with van der Waals surface area (Å²) >= 11 is 0. The van der Waals surface area contributed by atoms with E-state index in [0.29, 0.717) is 11.0 Å². The molecule has 0 aliphatic heterocycles. The molecule has 0 rings (SSSR count). The van der Waals surface area contributed by atoms with Crippen LogP contribution in [0.15, 0.2) is 0 Å². The van der Waals surface area contributed by atoms with Crippen molar-refractivity contribution in [1.82, 2.24) is 5.43 Å². The molecule has 0 aromatic heterocycles. The van der Waals surface area contributed by atoms with E-state index in [0.717, 1.165) is 6.54 Å². The second kappa shape index (κ2) is 4.31. The molecule has 0 atom stereocenters. The van der Waals surface area contributed by atoms with E-state index in [1.807, 2.05) is 21.1 Å². The number of quaternary nitrogens is 1. The summed E-state index contributed by atoms with van der Waals surface area (Å²) < 4.78 is 0.666. The average Bonchev–Trinajstić information content (AvgIpc) is 1.78. The van der Waals surface area contributed by atoms with Gasteiger partial charge in [-0.15, -0.1) is 0 Å². The van der Waals surface area contributed by atoms with Crippen LogP contribution in [-0.4, -0.2) is 43.4 Å². The van der Waals surface area contributed by atoms with Crippen LogP contribution in [0.2, 0.25) is 0 Å². The van der Waals surface area contributed by atoms with Gasteiger partial charge in [0.15, 0.2) is 0 Å². The fourth-order valence-electron chi connectivity index (χ4n) is 0.654. The van der Waals surface area contributed by atoms with Gasteiger partial charge in [0.25, 0.3) is 0 Å². The van der Waals surface area contributed by atoms with Crippen molar-refractivity contribution in [3.8, 4) is 0 Å². The van der Waals surface area contributed by atoms with Crippen molar-refractivity contribution in [3.63, 3.8) is 0 Å². The number of nitrogens with one attached hydrogen (secondary N) is 1. The number of hydrogen-bond acceptors (Lipinski definition) is 2. The quantitative estimate of drug-likeness (QED) is 0.340. The molecule has 0 amide bonds. The molecule has 11 heavy (non-hydrogen) atoms. The first kappa shape index (κ1) is 10.4. The summed E-state index contributed by atoms with van der Waals surface area (Å²) in [5.41, 5.74) is 3.15. The number of carboxylic acid groups (broad SMARTS) is 1. The first-order valence-electron chi connectivity index (χ1n) is 3.70. The summed E-state index contributed by atoms with van der Waals surface area (Å²) in [6.45, 7) is 0.746. The zero-order valence-corrected chi connectivity index (χ0v) is 7.42. The van der Waals surface area contributed by atoms with Gasteiger partial charge in [-0.1, -0.05) is 0 Å². The van der Waals surface area contributed by atoms with Gasteiger partial charge in [0, 0.05) is 13.0 Å². The molecule has 0 radical (unpaired) electrons. The maximum atomic E-state index is 10.1. The Kier molecular flexibility index (Phi) is 4.07. The maximum absolute atomic E-state index is 10.1. The predicted octanol–water partition coefficient (Wildman–Crippen LogP) is 0.0620. The van der Waals surface area contributed by atoms with Gasteiger partial charge in [-0.05, 0) is 6.42 Å². The number of rotatable bonds is 5. The third-order valence-corrected chi connectivity index (χ3v) is 1.15. The summed E-state index contributed by atoms with van der Waals surface area (Å²) in [7, 11) is 6.00. The van der Waals surface area contributed by atoms with Crippen molar-refractivity contribution in [2.24, 2.45) is 0 Å². The molecule has 2 N–H and O–H groups in total. The Morgan fingerprint density at radius 3 is 2.36 bits per heavy atom. The van der Waals surface area contributed by atoms with E-state index in [2.05, 4.69) is 5.43 Å². The summed E-state index contributed by atoms with van der Waals surface area (Å²) in [5.74, 6) is -0.729. The van der Waals surface area contributed by atoms with Crippen molar-refractivity contribution in [1.29, 1.82) is 0 Å². The predicted molar refractivity (Wildman–Crippen MR) is 42.9 cm³/mol. The first-order valence-corrected chi connectivity index (χ1v) is 3.70. The standard InChI is InChI=1S/C7H16N2O2/c1-9(2,3)8-6-4-5-7(10)11/h8H,4-6H2,1-3H3/p+1. The molecule has 0 spiro atoms. The summed E-state index contributed by atoms with van der Waals surface area (Å²) in [6.07, 6.45) is 0.928. The molecule has 0 saturated carbocycles. The van der Waals surface area contributed by atoms with E-state index in [1.54, 1.807) is 0 Å². The minimum Gasteiger partial charge on any atom is -0.481 e. The molecule has 0 aliphatic rings. The molecular weight excluding hydrogens is 144 g/mol. The number of aliphatic carboxylic acids is 1. The summed E-state index contributed by atoms with van der Waals surface area (Å²) in [6, 6.07) is 0. The molecule has 0 aromatic carbocycles. The van der Waals surface area contributed by atoms with Crippen LogP contribution in [-0.2, 0) is 4.79 Å². The van der Waals surface area contributed by atoms with Crippen LogP contribution in [0.4, 0.5) is 0 Å². The highest BCUT2D eigenvalue weighted by atomic mass is 16.4. The van der Waals surface area contributed by atoms with Crippen LogP contribution in [0.5, 0.6) is 0 Å². The van der Waals surface area contributed by atoms with Gasteiger partial charge in [0.1, 0.15) is 0 Å². The smallest absolute Gasteiger partial charge is 0.303 e. The number of nitrogens with zero attached hydrogens (tertiary/aromatic N) is 1. The Labute approximate surface area is 67.4 Å². The largest absolute Gasteiger partial charge is 0.481 e. The molecular formula is C7H17N2O2+. The van der Waals surface area contributed by atoms with Crippen LogP contribution in [0, 0.1) is 0 Å². The molecule has 0 saturated heterocycles. The molecule has 0 heterocycles. The molecule has 0 fully saturated rings. The fourth-order valence-corrected chi connectivity index (χ4v) is 0.654. The Bertz CT molecular complexity index is 129. The number of carboxylic acids is 1. The molecule has 0 aliphatic carbocycles. The van der Waals surface area contributed by atoms with E-state index in [-0.39, 0.29) is 6.42 Å². The molecule has 4 nitrogen and oxygen atoms in total. The van der Waals surface area contributed by atoms with Crippen LogP contribution >= 0.6 is 0 Å². The fraction of sp³-hybridized carbons (Fsp3) is 0.857. The number of carbonyl (C=O) groups is 1. The molecule has 0 aromatic rings. The Hall–Kier alpha value is -0.610. The second-order valence-electron chi connectivity index (χ2n) is 3.42. The third-order valence-electron chi connectivity index (χ3n) is 1.15. The van der Waals surface area contributed by atoms with Gasteiger partial charge in [-0.3, -0.25) is 9.39 Å². The van der Waals surface area contributed by atoms with E-state index in [1.165, 1.54) is 0 Å². The lowest BCUT2D eigenvalue weighted by Crippen LogP contribution is -2.48. The Morgan fingerprint density at radius 1 is 1.45 bits per heavy atom. The Morgan fingerprint density at radius 2 is 2.00 bits per heavy atom. The van der Waals surface area contributed by atoms with E-state index in [9.17, 15) is 4.79 Å². The van der Waals surface area contributed by atoms with Crippen molar-refractivity contribution in [3.05, 3.63) is 0 Å². The van der Waals surface area contributed by atoms with E-state index in [4.69, 9.17) is 5.11 Å². The van der Waals surface area contributed by atoms with Gasteiger partial charge in [-0.25, -0.2) is 0 Å². The minimum atomic E-state index is -0.729. The third kappa shape index (κ3) is 9.39. The number of hydrogen-bond donors (Lipinski definition) is 2. The highest BCUT2D eigenvalue weighted by Crippen LogP contribution is 1.88. The monoisotopic (exact) mass is 161 g/mol. The molecule has 0 unspecified atom stereocenters. The van der Waals surface area contributed by atoms with E-state index < -0.39 is 5.97 Å². The topological polar surface area (TPSA) is 49.3 Å². The normalized spacial score (nSPS) is 11.5. The van der Waals surface area contributed by atoms with E-state index >= 15 is 0 Å². The van der Waals surface area contributed by atoms with Crippen LogP contribution in [0.1, 0.15) is 12.8 Å². The lowest BCUT2D eigenvalue weighted by molar-refractivity contribution is -0.915. The van der Waals surface area contributed by atoms with Crippen LogP contribution in [0.25, 0.3) is 0 Å². The molecule has 0 bridgehead atoms. The van der Waals surface area contributed by atoms with Crippen LogP contribution in [0.3, 0.4) is 0 Å². The maximum Gasteiger partial charge on any atom is 0.303 e. The second-order valence-corrected chi connectivity index (χ2v) is 3.42. The van der Waals surface area contributed by atoms with Gasteiger partial charge in [0.05, 0.1) is 21.1 Å². The van der Waals surface area contributed by atoms with Gasteiger partial charge in [0.2, 0.25) is 0 Å². The summed E-state index contributed by atoms with van der Waals surface area (Å²) in [4.78, 5) is 10.1. The molecule has 66 valence electrons. The zero-order chi connectivity index (χ0) is 8.91. The average molecular weight is 161 g/mol. The highest BCUT2D eigenvalue weighted by Gasteiger charge is 2.05. The van der Waals surface area contributed by atoms with Crippen molar-refractivity contribution in [2.75, 3.05) is 27.7 Å². The van der Waals surface area contributed by atoms with Gasteiger partial charge < -0.3 is 5.11 Å². The lowest BCUT2D eigenvalue weighted by atomic mass is 10.3. The zero-order valence-electron chi connectivity index (χ0n) is 7.42. The SMILES string of the molecule is C[N+](C)(C)NCCCC(=O)O. The lowest BCUT2D eigenvalue weighted by Gasteiger charge is -2.23. The Balaban J connectivity index is 3.22. The summed E-state index contributed by atoms with van der Waals surface area (Å²) in [5, 5.41) is 8.31. The van der Waals surface area contributed by atoms with Crippen molar-refractivity contribution >= 4 is 5.97 Å². The highest BCUT2D eigenvalue weighted by molar-refractivity contribution is 5.66. The van der Waals surface area contributed by atoms with Crippen LogP contribution < -0.4 is 5.43 Å². The van der Waals surface area contributed by atoms with Crippen molar-refractivity contribution in [2.45, 2.75) is 12.8 Å². The minimum absolute atomic E-state index is 0.243. The molecule has 4 heteroatoms. The van der Waals surface area contributed by atoms with Gasteiger partial charge >= 0.3 is 5.97 Å². The van der Waals surface area contributed by atoms with Crippen molar-refractivity contribution < 1.29 is 14.5 Å². The van der Waals surface area contributed by atoms with Gasteiger partial charge in [-0.2, -0.15) is 5.43 Å². The first-order chi connectivity index (χ1) is 4.92.